The Morgan fingerprint density at radius 3 is 1.29 bits per heavy atom. The summed E-state index contributed by atoms with van der Waals surface area (Å²) < 4.78 is 43.6. The predicted octanol–water partition coefficient (Wildman–Crippen LogP) is -1.73. The molecule has 0 heterocycles. The van der Waals surface area contributed by atoms with Crippen LogP contribution in [0.4, 0.5) is 0 Å². The van der Waals surface area contributed by atoms with E-state index in [-0.39, 0.29) is 0 Å². The minimum absolute atomic E-state index is 0.516. The highest BCUT2D eigenvalue weighted by atomic mass is 32.2. The molecule has 0 amide bonds. The zero-order valence-corrected chi connectivity index (χ0v) is 8.96. The van der Waals surface area contributed by atoms with Crippen LogP contribution in [0.2, 0.25) is 0 Å². The molecule has 0 saturated carbocycles. The number of hydrogen-bond acceptors (Lipinski definition) is 6. The Morgan fingerprint density at radius 2 is 1.07 bits per heavy atom. The summed E-state index contributed by atoms with van der Waals surface area (Å²) >= 11 is 0. The molecule has 2 N–H and O–H groups in total. The summed E-state index contributed by atoms with van der Waals surface area (Å²) in [5.41, 5.74) is 0. The van der Waals surface area contributed by atoms with Crippen LogP contribution in [0, 0.1) is 0 Å². The molecule has 0 aliphatic carbocycles. The van der Waals surface area contributed by atoms with Crippen LogP contribution in [0.3, 0.4) is 0 Å². The van der Waals surface area contributed by atoms with E-state index in [4.69, 9.17) is 10.2 Å². The lowest BCUT2D eigenvalue weighted by molar-refractivity contribution is 0.319. The molecule has 0 spiro atoms. The van der Waals surface area contributed by atoms with E-state index >= 15 is 0 Å². The molecule has 0 aromatic rings. The molecule has 0 radical (unpaired) electrons. The average molecular weight is 244 g/mol. The van der Waals surface area contributed by atoms with Crippen LogP contribution >= 0.6 is 0 Å². The molecule has 0 rings (SSSR count). The van der Waals surface area contributed by atoms with Gasteiger partial charge in [0.1, 0.15) is 0 Å². The second-order valence-electron chi connectivity index (χ2n) is 2.45. The van der Waals surface area contributed by atoms with Crippen LogP contribution in [0.5, 0.6) is 0 Å². The molecule has 0 aliphatic heterocycles. The first-order chi connectivity index (χ1) is 6.33. The van der Waals surface area contributed by atoms with Gasteiger partial charge in [0.05, 0.1) is 24.7 Å². The number of hydrogen-bond donors (Lipinski definition) is 2. The lowest BCUT2D eigenvalue weighted by atomic mass is 10.9. The van der Waals surface area contributed by atoms with E-state index in [0.29, 0.717) is 10.8 Å². The fourth-order valence-electron chi connectivity index (χ4n) is 0.560. The van der Waals surface area contributed by atoms with Crippen LogP contribution in [0.15, 0.2) is 10.8 Å². The average Bonchev–Trinajstić information content (AvgIpc) is 2.01. The van der Waals surface area contributed by atoms with Crippen LogP contribution in [0.1, 0.15) is 0 Å². The highest BCUT2D eigenvalue weighted by Gasteiger charge is 2.09. The van der Waals surface area contributed by atoms with E-state index in [1.165, 1.54) is 0 Å². The minimum Gasteiger partial charge on any atom is -0.395 e. The van der Waals surface area contributed by atoms with Gasteiger partial charge in [0.25, 0.3) is 0 Å². The third kappa shape index (κ3) is 6.08. The zero-order chi connectivity index (χ0) is 11.2. The fraction of sp³-hybridized carbons (Fsp3) is 0.667. The van der Waals surface area contributed by atoms with E-state index < -0.39 is 44.4 Å². The van der Waals surface area contributed by atoms with Crippen molar-refractivity contribution < 1.29 is 27.0 Å². The van der Waals surface area contributed by atoms with Crippen molar-refractivity contribution in [1.29, 1.82) is 0 Å². The topological polar surface area (TPSA) is 109 Å². The number of sulfone groups is 2. The van der Waals surface area contributed by atoms with Crippen LogP contribution in [0.25, 0.3) is 0 Å². The van der Waals surface area contributed by atoms with Crippen molar-refractivity contribution in [3.05, 3.63) is 10.8 Å². The van der Waals surface area contributed by atoms with Gasteiger partial charge in [-0.05, 0) is 0 Å². The molecule has 8 heteroatoms. The summed E-state index contributed by atoms with van der Waals surface area (Å²) in [6.07, 6.45) is 0. The van der Waals surface area contributed by atoms with Gasteiger partial charge >= 0.3 is 0 Å². The fourth-order valence-corrected chi connectivity index (χ4v) is 2.70. The molecule has 0 atom stereocenters. The maximum Gasteiger partial charge on any atom is 0.174 e. The van der Waals surface area contributed by atoms with Crippen molar-refractivity contribution in [2.24, 2.45) is 0 Å². The van der Waals surface area contributed by atoms with Gasteiger partial charge in [0.2, 0.25) is 0 Å². The van der Waals surface area contributed by atoms with Crippen molar-refractivity contribution in [2.75, 3.05) is 24.7 Å². The maximum atomic E-state index is 10.9. The van der Waals surface area contributed by atoms with E-state index in [0.717, 1.165) is 0 Å². The number of aliphatic hydroxyl groups is 2. The van der Waals surface area contributed by atoms with Crippen LogP contribution in [-0.4, -0.2) is 51.8 Å². The molecule has 0 bridgehead atoms. The summed E-state index contributed by atoms with van der Waals surface area (Å²) in [5, 5.41) is 17.7. The number of rotatable bonds is 6. The largest absolute Gasteiger partial charge is 0.395 e. The first kappa shape index (κ1) is 13.6. The third-order valence-corrected chi connectivity index (χ3v) is 4.00. The van der Waals surface area contributed by atoms with Gasteiger partial charge in [-0.25, -0.2) is 16.8 Å². The molecular formula is C6H12O6S2. The van der Waals surface area contributed by atoms with Crippen LogP contribution < -0.4 is 0 Å². The second kappa shape index (κ2) is 5.44. The predicted molar refractivity (Wildman–Crippen MR) is 50.9 cm³/mol. The van der Waals surface area contributed by atoms with Gasteiger partial charge in [-0.2, -0.15) is 0 Å². The number of aliphatic hydroxyl groups excluding tert-OH is 2. The van der Waals surface area contributed by atoms with Crippen molar-refractivity contribution >= 4 is 19.7 Å². The normalized spacial score (nSPS) is 13.6. The summed E-state index contributed by atoms with van der Waals surface area (Å²) in [6, 6.07) is 0. The minimum atomic E-state index is -3.67. The van der Waals surface area contributed by atoms with Gasteiger partial charge in [0.15, 0.2) is 19.7 Å². The van der Waals surface area contributed by atoms with Gasteiger partial charge in [-0.1, -0.05) is 0 Å². The highest BCUT2D eigenvalue weighted by Crippen LogP contribution is 1.97. The Kier molecular flexibility index (Phi) is 5.27. The summed E-state index contributed by atoms with van der Waals surface area (Å²) in [7, 11) is -7.35. The molecule has 0 aliphatic rings. The van der Waals surface area contributed by atoms with Crippen LogP contribution in [-0.2, 0) is 19.7 Å². The molecular weight excluding hydrogens is 232 g/mol. The van der Waals surface area contributed by atoms with Crippen molar-refractivity contribution in [3.8, 4) is 0 Å². The molecule has 0 aromatic heterocycles. The first-order valence-corrected chi connectivity index (χ1v) is 7.11. The molecule has 6 nitrogen and oxygen atoms in total. The van der Waals surface area contributed by atoms with Crippen molar-refractivity contribution in [1.82, 2.24) is 0 Å². The molecule has 0 aromatic carbocycles. The van der Waals surface area contributed by atoms with E-state index in [1.54, 1.807) is 0 Å². The molecule has 0 saturated heterocycles. The summed E-state index contributed by atoms with van der Waals surface area (Å²) in [5.74, 6) is -1.03. The SMILES string of the molecule is O=S(=O)(C=CS(=O)(=O)CCO)CCO. The Morgan fingerprint density at radius 1 is 0.786 bits per heavy atom. The van der Waals surface area contributed by atoms with Crippen molar-refractivity contribution in [3.63, 3.8) is 0 Å². The molecule has 14 heavy (non-hydrogen) atoms. The maximum absolute atomic E-state index is 10.9. The van der Waals surface area contributed by atoms with Gasteiger partial charge in [0, 0.05) is 10.8 Å². The Bertz CT molecular complexity index is 339. The Labute approximate surface area is 82.7 Å². The van der Waals surface area contributed by atoms with Gasteiger partial charge in [-0.15, -0.1) is 0 Å². The lowest BCUT2D eigenvalue weighted by Gasteiger charge is -1.95. The van der Waals surface area contributed by atoms with E-state index in [2.05, 4.69) is 0 Å². The molecule has 0 unspecified atom stereocenters. The lowest BCUT2D eigenvalue weighted by Crippen LogP contribution is -2.09. The van der Waals surface area contributed by atoms with E-state index in [1.807, 2.05) is 0 Å². The van der Waals surface area contributed by atoms with E-state index in [9.17, 15) is 16.8 Å². The Balaban J connectivity index is 4.60. The highest BCUT2D eigenvalue weighted by molar-refractivity contribution is 7.97. The zero-order valence-electron chi connectivity index (χ0n) is 7.33. The molecule has 84 valence electrons. The Hall–Kier alpha value is -0.440. The smallest absolute Gasteiger partial charge is 0.174 e. The summed E-state index contributed by atoms with van der Waals surface area (Å²) in [6.45, 7) is -1.13. The second-order valence-corrected chi connectivity index (χ2v) is 6.47. The summed E-state index contributed by atoms with van der Waals surface area (Å²) in [4.78, 5) is 0. The molecule has 0 fully saturated rings. The quantitative estimate of drug-likeness (QED) is 0.575. The van der Waals surface area contributed by atoms with Gasteiger partial charge < -0.3 is 10.2 Å². The third-order valence-electron chi connectivity index (χ3n) is 1.22. The monoisotopic (exact) mass is 244 g/mol. The standard InChI is InChI=1S/C6H12O6S2/c7-1-3-13(9,10)5-6-14(11,12)4-2-8/h5-8H,1-4H2. The van der Waals surface area contributed by atoms with Gasteiger partial charge in [-0.3, -0.25) is 0 Å². The van der Waals surface area contributed by atoms with Crippen molar-refractivity contribution in [2.45, 2.75) is 0 Å². The first-order valence-electron chi connectivity index (χ1n) is 3.68.